The molecule has 3 N–H and O–H groups in total. The van der Waals surface area contributed by atoms with Crippen molar-refractivity contribution < 1.29 is 24.2 Å². The topological polar surface area (TPSA) is 133 Å². The highest BCUT2D eigenvalue weighted by molar-refractivity contribution is 5.89. The first-order valence-corrected chi connectivity index (χ1v) is 11.6. The van der Waals surface area contributed by atoms with E-state index in [0.717, 1.165) is 19.5 Å². The minimum absolute atomic E-state index is 0.196. The van der Waals surface area contributed by atoms with Crippen molar-refractivity contribution in [3.63, 3.8) is 0 Å². The van der Waals surface area contributed by atoms with E-state index in [0.29, 0.717) is 53.9 Å². The van der Waals surface area contributed by atoms with Gasteiger partial charge in [-0.25, -0.2) is 18.8 Å². The Morgan fingerprint density at radius 3 is 2.31 bits per heavy atom. The lowest BCUT2D eigenvalue weighted by Gasteiger charge is -2.40. The second kappa shape index (κ2) is 10.7. The number of para-hydroxylation sites is 1. The van der Waals surface area contributed by atoms with E-state index in [1.807, 2.05) is 12.1 Å². The SMILES string of the molecule is O=C(O)/C=C/C(=O)O.O=c1[nH]c2ccccc2c(=O)n1CCN1C[C@H]2C[C@H](c3ccc(F)cc3)[C@H]2C1. The van der Waals surface area contributed by atoms with Gasteiger partial charge in [0.15, 0.2) is 0 Å². The van der Waals surface area contributed by atoms with Crippen LogP contribution in [-0.2, 0) is 16.1 Å². The number of aromatic nitrogens is 2. The van der Waals surface area contributed by atoms with E-state index < -0.39 is 11.9 Å². The predicted octanol–water partition coefficient (Wildman–Crippen LogP) is 2.28. The molecule has 5 rings (SSSR count). The van der Waals surface area contributed by atoms with E-state index in [9.17, 15) is 23.6 Å². The van der Waals surface area contributed by atoms with Crippen LogP contribution < -0.4 is 11.2 Å². The first-order chi connectivity index (χ1) is 17.2. The third-order valence-corrected chi connectivity index (χ3v) is 6.84. The third-order valence-electron chi connectivity index (χ3n) is 6.84. The number of benzene rings is 2. The van der Waals surface area contributed by atoms with Crippen LogP contribution in [0.4, 0.5) is 4.39 Å². The summed E-state index contributed by atoms with van der Waals surface area (Å²) < 4.78 is 14.5. The maximum atomic E-state index is 13.2. The number of nitrogens with zero attached hydrogens (tertiary/aromatic N) is 2. The highest BCUT2D eigenvalue weighted by Crippen LogP contribution is 2.51. The molecule has 0 amide bonds. The number of carboxylic acids is 2. The molecule has 2 heterocycles. The highest BCUT2D eigenvalue weighted by Gasteiger charge is 2.47. The maximum absolute atomic E-state index is 13.2. The Bertz CT molecular complexity index is 1400. The van der Waals surface area contributed by atoms with Gasteiger partial charge in [0.05, 0.1) is 10.9 Å². The van der Waals surface area contributed by atoms with Crippen LogP contribution in [0.5, 0.6) is 0 Å². The first kappa shape index (κ1) is 25.1. The smallest absolute Gasteiger partial charge is 0.328 e. The van der Waals surface area contributed by atoms with Crippen LogP contribution >= 0.6 is 0 Å². The zero-order chi connectivity index (χ0) is 25.8. The Balaban J connectivity index is 0.000000331. The normalized spacial score (nSPS) is 21.0. The molecule has 2 aromatic carbocycles. The minimum atomic E-state index is -1.26. The summed E-state index contributed by atoms with van der Waals surface area (Å²) >= 11 is 0. The van der Waals surface area contributed by atoms with Crippen LogP contribution in [0.25, 0.3) is 10.9 Å². The molecule has 1 aliphatic carbocycles. The van der Waals surface area contributed by atoms with E-state index in [-0.39, 0.29) is 17.1 Å². The van der Waals surface area contributed by atoms with Gasteiger partial charge in [0.25, 0.3) is 5.56 Å². The Morgan fingerprint density at radius 1 is 0.972 bits per heavy atom. The predicted molar refractivity (Wildman–Crippen MR) is 130 cm³/mol. The van der Waals surface area contributed by atoms with Gasteiger partial charge in [0.2, 0.25) is 0 Å². The summed E-state index contributed by atoms with van der Waals surface area (Å²) in [6.45, 7) is 3.04. The molecule has 10 heteroatoms. The molecule has 0 spiro atoms. The Morgan fingerprint density at radius 2 is 1.64 bits per heavy atom. The largest absolute Gasteiger partial charge is 0.478 e. The molecule has 0 unspecified atom stereocenters. The van der Waals surface area contributed by atoms with E-state index in [2.05, 4.69) is 9.88 Å². The molecule has 2 aliphatic rings. The lowest BCUT2D eigenvalue weighted by atomic mass is 9.64. The van der Waals surface area contributed by atoms with Crippen molar-refractivity contribution in [1.82, 2.24) is 14.5 Å². The maximum Gasteiger partial charge on any atom is 0.328 e. The summed E-state index contributed by atoms with van der Waals surface area (Å²) in [6.07, 6.45) is 2.24. The number of hydrogen-bond donors (Lipinski definition) is 3. The second-order valence-electron chi connectivity index (χ2n) is 9.02. The van der Waals surface area contributed by atoms with Gasteiger partial charge in [0.1, 0.15) is 5.82 Å². The first-order valence-electron chi connectivity index (χ1n) is 11.6. The van der Waals surface area contributed by atoms with Gasteiger partial charge in [-0.15, -0.1) is 0 Å². The van der Waals surface area contributed by atoms with Gasteiger partial charge in [-0.3, -0.25) is 9.36 Å². The second-order valence-corrected chi connectivity index (χ2v) is 9.02. The van der Waals surface area contributed by atoms with Crippen molar-refractivity contribution in [2.45, 2.75) is 18.9 Å². The summed E-state index contributed by atoms with van der Waals surface area (Å²) in [5, 5.41) is 16.2. The third kappa shape index (κ3) is 5.60. The van der Waals surface area contributed by atoms with Crippen LogP contribution in [0, 0.1) is 17.7 Å². The van der Waals surface area contributed by atoms with Crippen LogP contribution in [-0.4, -0.2) is 56.2 Å². The molecule has 3 aromatic rings. The van der Waals surface area contributed by atoms with Crippen molar-refractivity contribution in [2.24, 2.45) is 11.8 Å². The quantitative estimate of drug-likeness (QED) is 0.447. The van der Waals surface area contributed by atoms with Crippen molar-refractivity contribution >= 4 is 22.8 Å². The molecule has 9 nitrogen and oxygen atoms in total. The fourth-order valence-corrected chi connectivity index (χ4v) is 5.06. The number of H-pyrrole nitrogens is 1. The molecule has 1 aromatic heterocycles. The molecule has 1 saturated heterocycles. The lowest BCUT2D eigenvalue weighted by Crippen LogP contribution is -2.38. The van der Waals surface area contributed by atoms with Crippen LogP contribution in [0.3, 0.4) is 0 Å². The van der Waals surface area contributed by atoms with Crippen LogP contribution in [0.15, 0.2) is 70.3 Å². The molecular formula is C26H26FN3O6. The number of aliphatic carboxylic acids is 2. The fourth-order valence-electron chi connectivity index (χ4n) is 5.06. The molecular weight excluding hydrogens is 469 g/mol. The van der Waals surface area contributed by atoms with Crippen LogP contribution in [0.1, 0.15) is 17.9 Å². The zero-order valence-corrected chi connectivity index (χ0v) is 19.3. The van der Waals surface area contributed by atoms with Gasteiger partial charge in [-0.1, -0.05) is 24.3 Å². The molecule has 0 radical (unpaired) electrons. The van der Waals surface area contributed by atoms with Crippen molar-refractivity contribution in [3.05, 3.63) is 92.9 Å². The lowest BCUT2D eigenvalue weighted by molar-refractivity contribution is -0.134. The van der Waals surface area contributed by atoms with Gasteiger partial charge < -0.3 is 20.1 Å². The fraction of sp³-hybridized carbons (Fsp3) is 0.308. The number of aromatic amines is 1. The van der Waals surface area contributed by atoms with Crippen LogP contribution in [0.2, 0.25) is 0 Å². The summed E-state index contributed by atoms with van der Waals surface area (Å²) in [4.78, 5) is 49.2. The Hall–Kier alpha value is -4.05. The summed E-state index contributed by atoms with van der Waals surface area (Å²) in [5.41, 5.74) is 1.21. The number of hydrogen-bond acceptors (Lipinski definition) is 5. The monoisotopic (exact) mass is 495 g/mol. The van der Waals surface area contributed by atoms with Gasteiger partial charge in [-0.2, -0.15) is 0 Å². The standard InChI is InChI=1S/C22H22FN3O2.C4H4O4/c23-16-7-5-14(6-8-16)18-11-15-12-25(13-19(15)18)9-10-26-21(27)17-3-1-2-4-20(17)24-22(26)28;5-3(6)1-2-4(7)8/h1-8,15,18-19H,9-13H2,(H,24,28);1-2H,(H,5,6)(H,7,8)/b;2-1+/t15-,18-,19+;/m1./s1. The molecule has 3 atom stereocenters. The van der Waals surface area contributed by atoms with E-state index in [4.69, 9.17) is 10.2 Å². The zero-order valence-electron chi connectivity index (χ0n) is 19.3. The Labute approximate surface area is 205 Å². The van der Waals surface area contributed by atoms with Gasteiger partial charge in [0, 0.05) is 38.3 Å². The minimum Gasteiger partial charge on any atom is -0.478 e. The van der Waals surface area contributed by atoms with Gasteiger partial charge in [-0.05, 0) is 54.0 Å². The average molecular weight is 496 g/mol. The van der Waals surface area contributed by atoms with Gasteiger partial charge >= 0.3 is 17.6 Å². The van der Waals surface area contributed by atoms with E-state index in [1.54, 1.807) is 24.3 Å². The highest BCUT2D eigenvalue weighted by atomic mass is 19.1. The molecule has 1 aliphatic heterocycles. The van der Waals surface area contributed by atoms with E-state index in [1.165, 1.54) is 22.3 Å². The van der Waals surface area contributed by atoms with Crippen molar-refractivity contribution in [3.8, 4) is 0 Å². The summed E-state index contributed by atoms with van der Waals surface area (Å²) in [5.74, 6) is -0.986. The Kier molecular flexibility index (Phi) is 7.44. The summed E-state index contributed by atoms with van der Waals surface area (Å²) in [6, 6.07) is 14.0. The summed E-state index contributed by atoms with van der Waals surface area (Å²) in [7, 11) is 0. The van der Waals surface area contributed by atoms with Crippen molar-refractivity contribution in [1.29, 1.82) is 0 Å². The number of carbonyl (C=O) groups is 2. The average Bonchev–Trinajstić information content (AvgIpc) is 3.15. The van der Waals surface area contributed by atoms with Crippen molar-refractivity contribution in [2.75, 3.05) is 19.6 Å². The molecule has 1 saturated carbocycles. The number of fused-ring (bicyclic) bond motifs is 2. The molecule has 0 bridgehead atoms. The molecule has 36 heavy (non-hydrogen) atoms. The molecule has 188 valence electrons. The van der Waals surface area contributed by atoms with E-state index >= 15 is 0 Å². The number of halogens is 1. The number of rotatable bonds is 6. The molecule has 2 fully saturated rings. The number of carboxylic acid groups (broad SMARTS) is 2. The number of likely N-dealkylation sites (tertiary alicyclic amines) is 1. The number of nitrogens with one attached hydrogen (secondary N) is 1.